The molecule has 1 saturated heterocycles. The van der Waals surface area contributed by atoms with Crippen LogP contribution in [0.1, 0.15) is 18.9 Å². The molecule has 6 heteroatoms. The van der Waals surface area contributed by atoms with Crippen LogP contribution in [0, 0.1) is 0 Å². The summed E-state index contributed by atoms with van der Waals surface area (Å²) < 4.78 is 26.0. The number of rotatable bonds is 4. The summed E-state index contributed by atoms with van der Waals surface area (Å²) in [5, 5.41) is 5.30. The smallest absolute Gasteiger partial charge is 0.262 e. The van der Waals surface area contributed by atoms with E-state index in [1.807, 2.05) is 19.1 Å². The molecular weight excluding hydrogens is 252 g/mol. The lowest BCUT2D eigenvalue weighted by Gasteiger charge is -2.17. The maximum Gasteiger partial charge on any atom is 0.262 e. The Morgan fingerprint density at radius 1 is 1.58 bits per heavy atom. The van der Waals surface area contributed by atoms with Gasteiger partial charge in [-0.2, -0.15) is 0 Å². The lowest BCUT2D eigenvalue weighted by molar-refractivity contribution is -0.124. The lowest BCUT2D eigenvalue weighted by Crippen LogP contribution is -2.44. The second-order valence-corrected chi connectivity index (χ2v) is 4.96. The summed E-state index contributed by atoms with van der Waals surface area (Å²) in [7, 11) is 0. The summed E-state index contributed by atoms with van der Waals surface area (Å²) in [6.45, 7) is 1.43. The van der Waals surface area contributed by atoms with Gasteiger partial charge in [0, 0.05) is 24.9 Å². The molecule has 0 aromatic carbocycles. The van der Waals surface area contributed by atoms with E-state index in [2.05, 4.69) is 15.6 Å². The monoisotopic (exact) mass is 269 g/mol. The first-order valence-electron chi connectivity index (χ1n) is 6.27. The van der Waals surface area contributed by atoms with Crippen molar-refractivity contribution in [1.82, 2.24) is 15.6 Å². The Kier molecular flexibility index (Phi) is 4.09. The van der Waals surface area contributed by atoms with E-state index in [0.717, 1.165) is 5.56 Å². The highest BCUT2D eigenvalue weighted by atomic mass is 19.3. The van der Waals surface area contributed by atoms with Crippen molar-refractivity contribution in [2.75, 3.05) is 6.54 Å². The maximum absolute atomic E-state index is 13.0. The van der Waals surface area contributed by atoms with Gasteiger partial charge < -0.3 is 5.32 Å². The van der Waals surface area contributed by atoms with Crippen molar-refractivity contribution in [2.24, 2.45) is 0 Å². The van der Waals surface area contributed by atoms with E-state index in [4.69, 9.17) is 0 Å². The van der Waals surface area contributed by atoms with Crippen LogP contribution in [0.25, 0.3) is 0 Å². The van der Waals surface area contributed by atoms with Crippen LogP contribution in [0.3, 0.4) is 0 Å². The summed E-state index contributed by atoms with van der Waals surface area (Å²) in [6.07, 6.45) is 3.59. The van der Waals surface area contributed by atoms with Gasteiger partial charge in [-0.25, -0.2) is 8.78 Å². The third-order valence-electron chi connectivity index (χ3n) is 3.11. The van der Waals surface area contributed by atoms with E-state index in [1.165, 1.54) is 0 Å². The van der Waals surface area contributed by atoms with Crippen LogP contribution >= 0.6 is 0 Å². The minimum atomic E-state index is -2.78. The zero-order valence-corrected chi connectivity index (χ0v) is 10.7. The van der Waals surface area contributed by atoms with Gasteiger partial charge in [0.25, 0.3) is 5.92 Å². The topological polar surface area (TPSA) is 54.0 Å². The van der Waals surface area contributed by atoms with E-state index < -0.39 is 24.9 Å². The molecule has 104 valence electrons. The van der Waals surface area contributed by atoms with Crippen LogP contribution in [0.5, 0.6) is 0 Å². The molecule has 2 N–H and O–H groups in total. The predicted molar refractivity (Wildman–Crippen MR) is 66.9 cm³/mol. The van der Waals surface area contributed by atoms with Gasteiger partial charge in [0.15, 0.2) is 0 Å². The molecule has 1 aromatic rings. The summed E-state index contributed by atoms with van der Waals surface area (Å²) in [4.78, 5) is 15.7. The van der Waals surface area contributed by atoms with E-state index in [1.54, 1.807) is 12.4 Å². The van der Waals surface area contributed by atoms with Gasteiger partial charge >= 0.3 is 0 Å². The van der Waals surface area contributed by atoms with Crippen molar-refractivity contribution in [3.8, 4) is 0 Å². The van der Waals surface area contributed by atoms with Crippen molar-refractivity contribution in [3.63, 3.8) is 0 Å². The van der Waals surface area contributed by atoms with Crippen molar-refractivity contribution in [3.05, 3.63) is 30.1 Å². The molecule has 0 saturated carbocycles. The molecule has 1 aliphatic rings. The Morgan fingerprint density at radius 2 is 2.26 bits per heavy atom. The number of pyridine rings is 1. The second kappa shape index (κ2) is 5.61. The molecule has 0 radical (unpaired) electrons. The number of aromatic nitrogens is 1. The molecule has 1 aromatic heterocycles. The molecule has 1 fully saturated rings. The average Bonchev–Trinajstić information content (AvgIpc) is 2.71. The molecule has 4 nitrogen and oxygen atoms in total. The quantitative estimate of drug-likeness (QED) is 0.861. The highest BCUT2D eigenvalue weighted by molar-refractivity contribution is 5.82. The lowest BCUT2D eigenvalue weighted by atomic mass is 10.1. The molecule has 2 unspecified atom stereocenters. The Morgan fingerprint density at radius 3 is 2.84 bits per heavy atom. The molecule has 0 bridgehead atoms. The molecule has 1 amide bonds. The Hall–Kier alpha value is -1.56. The van der Waals surface area contributed by atoms with Crippen LogP contribution in [0.2, 0.25) is 0 Å². The van der Waals surface area contributed by atoms with Crippen LogP contribution in [0.15, 0.2) is 24.5 Å². The summed E-state index contributed by atoms with van der Waals surface area (Å²) in [5.41, 5.74) is 1.05. The fourth-order valence-electron chi connectivity index (χ4n) is 2.17. The number of carbonyl (C=O) groups excluding carboxylic acids is 1. The number of hydrogen-bond acceptors (Lipinski definition) is 3. The normalized spacial score (nSPS) is 23.0. The minimum absolute atomic E-state index is 0.106. The Bertz CT molecular complexity index is 439. The number of nitrogens with one attached hydrogen (secondary N) is 2. The minimum Gasteiger partial charge on any atom is -0.352 e. The van der Waals surface area contributed by atoms with Gasteiger partial charge in [-0.15, -0.1) is 0 Å². The number of alkyl halides is 2. The third-order valence-corrected chi connectivity index (χ3v) is 3.11. The molecule has 0 spiro atoms. The molecule has 0 aliphatic carbocycles. The fourth-order valence-corrected chi connectivity index (χ4v) is 2.17. The average molecular weight is 269 g/mol. The van der Waals surface area contributed by atoms with Crippen LogP contribution in [0.4, 0.5) is 8.78 Å². The first-order chi connectivity index (χ1) is 8.96. The molecular formula is C13H17F2N3O. The van der Waals surface area contributed by atoms with Crippen molar-refractivity contribution in [1.29, 1.82) is 0 Å². The van der Waals surface area contributed by atoms with Gasteiger partial charge in [-0.1, -0.05) is 0 Å². The maximum atomic E-state index is 13.0. The molecule has 1 aliphatic heterocycles. The Balaban J connectivity index is 1.82. The van der Waals surface area contributed by atoms with Crippen LogP contribution < -0.4 is 10.6 Å². The fraction of sp³-hybridized carbons (Fsp3) is 0.538. The van der Waals surface area contributed by atoms with Crippen LogP contribution in [-0.4, -0.2) is 35.4 Å². The van der Waals surface area contributed by atoms with Crippen molar-refractivity contribution in [2.45, 2.75) is 37.8 Å². The first kappa shape index (κ1) is 13.9. The van der Waals surface area contributed by atoms with E-state index in [9.17, 15) is 13.6 Å². The number of hydrogen-bond donors (Lipinski definition) is 2. The third kappa shape index (κ3) is 3.96. The van der Waals surface area contributed by atoms with Gasteiger partial charge in [0.05, 0.1) is 12.6 Å². The SMILES string of the molecule is CC(Cc1ccncc1)NC(=O)C1CC(F)(F)CN1. The molecule has 2 rings (SSSR count). The molecule has 2 heterocycles. The number of carbonyl (C=O) groups is 1. The van der Waals surface area contributed by atoms with Gasteiger partial charge in [0.2, 0.25) is 5.91 Å². The van der Waals surface area contributed by atoms with Gasteiger partial charge in [0.1, 0.15) is 0 Å². The van der Waals surface area contributed by atoms with Crippen molar-refractivity contribution < 1.29 is 13.6 Å². The summed E-state index contributed by atoms with van der Waals surface area (Å²) >= 11 is 0. The zero-order valence-electron chi connectivity index (χ0n) is 10.7. The first-order valence-corrected chi connectivity index (χ1v) is 6.27. The van der Waals surface area contributed by atoms with E-state index in [0.29, 0.717) is 6.42 Å². The molecule has 19 heavy (non-hydrogen) atoms. The van der Waals surface area contributed by atoms with E-state index >= 15 is 0 Å². The number of nitrogens with zero attached hydrogens (tertiary/aromatic N) is 1. The largest absolute Gasteiger partial charge is 0.352 e. The van der Waals surface area contributed by atoms with Gasteiger partial charge in [-0.05, 0) is 31.0 Å². The van der Waals surface area contributed by atoms with Crippen molar-refractivity contribution >= 4 is 5.91 Å². The zero-order chi connectivity index (χ0) is 13.9. The van der Waals surface area contributed by atoms with E-state index in [-0.39, 0.29) is 11.9 Å². The summed E-state index contributed by atoms with van der Waals surface area (Å²) in [5.74, 6) is -3.14. The number of halogens is 2. The summed E-state index contributed by atoms with van der Waals surface area (Å²) in [6, 6.07) is 2.83. The Labute approximate surface area is 110 Å². The highest BCUT2D eigenvalue weighted by Gasteiger charge is 2.42. The standard InChI is InChI=1S/C13H17F2N3O/c1-9(6-10-2-4-16-5-3-10)18-12(19)11-7-13(14,15)8-17-11/h2-5,9,11,17H,6-8H2,1H3,(H,18,19). The predicted octanol–water partition coefficient (Wildman–Crippen LogP) is 1.13. The van der Waals surface area contributed by atoms with Crippen LogP contribution in [-0.2, 0) is 11.2 Å². The molecule has 2 atom stereocenters. The van der Waals surface area contributed by atoms with Gasteiger partial charge in [-0.3, -0.25) is 15.1 Å². The second-order valence-electron chi connectivity index (χ2n) is 4.96. The number of amides is 1. The highest BCUT2D eigenvalue weighted by Crippen LogP contribution is 2.25.